The van der Waals surface area contributed by atoms with Gasteiger partial charge in [0.25, 0.3) is 0 Å². The molecule has 1 aromatic carbocycles. The highest BCUT2D eigenvalue weighted by Crippen LogP contribution is 2.56. The summed E-state index contributed by atoms with van der Waals surface area (Å²) in [6.07, 6.45) is 5.35. The molecular formula is C19H20O3. The first-order valence-corrected chi connectivity index (χ1v) is 7.99. The molecule has 3 nitrogen and oxygen atoms in total. The smallest absolute Gasteiger partial charge is 0.204 e. The topological polar surface area (TPSA) is 43.4 Å². The van der Waals surface area contributed by atoms with Crippen molar-refractivity contribution in [1.29, 1.82) is 0 Å². The fourth-order valence-corrected chi connectivity index (χ4v) is 4.69. The lowest BCUT2D eigenvalue weighted by atomic mass is 9.60. The molecule has 0 spiro atoms. The highest BCUT2D eigenvalue weighted by atomic mass is 16.5. The number of rotatable bonds is 1. The second-order valence-electron chi connectivity index (χ2n) is 7.01. The van der Waals surface area contributed by atoms with E-state index in [2.05, 4.69) is 18.2 Å². The van der Waals surface area contributed by atoms with Gasteiger partial charge in [-0.25, -0.2) is 0 Å². The van der Waals surface area contributed by atoms with Crippen molar-refractivity contribution in [1.82, 2.24) is 0 Å². The monoisotopic (exact) mass is 296 g/mol. The molecule has 1 fully saturated rings. The van der Waals surface area contributed by atoms with Crippen molar-refractivity contribution in [3.8, 4) is 5.75 Å². The van der Waals surface area contributed by atoms with E-state index in [1.807, 2.05) is 13.0 Å². The minimum absolute atomic E-state index is 0.145. The lowest BCUT2D eigenvalue weighted by Crippen LogP contribution is -2.38. The van der Waals surface area contributed by atoms with Gasteiger partial charge in [-0.3, -0.25) is 9.59 Å². The molecule has 1 aromatic rings. The summed E-state index contributed by atoms with van der Waals surface area (Å²) in [7, 11) is 1.69. The number of carbonyl (C=O) groups is 2. The zero-order valence-corrected chi connectivity index (χ0v) is 13.0. The normalized spacial score (nSPS) is 32.9. The third kappa shape index (κ3) is 1.68. The number of Topliss-reactive ketones (excluding diaryl/α,β-unsaturated/α-hetero) is 2. The Kier molecular flexibility index (Phi) is 2.84. The third-order valence-electron chi connectivity index (χ3n) is 5.97. The lowest BCUT2D eigenvalue weighted by Gasteiger charge is -2.42. The molecule has 1 saturated carbocycles. The maximum atomic E-state index is 12.3. The zero-order chi connectivity index (χ0) is 15.5. The van der Waals surface area contributed by atoms with Crippen LogP contribution in [-0.2, 0) is 16.0 Å². The Labute approximate surface area is 130 Å². The van der Waals surface area contributed by atoms with E-state index in [-0.39, 0.29) is 17.5 Å². The standard InChI is InChI=1S/C19H20O3/c1-19-8-7-14-13-6-4-12(22-2)9-11(13)3-5-15(14)16(19)10-17(20)18(19)21/h4,6-7,9,15-16H,3,5,8,10H2,1-2H3/t15-,16?,19+/m0/s1. The summed E-state index contributed by atoms with van der Waals surface area (Å²) in [5, 5.41) is 0. The molecule has 0 amide bonds. The Bertz CT molecular complexity index is 715. The van der Waals surface area contributed by atoms with Crippen LogP contribution in [0, 0.1) is 17.3 Å². The lowest BCUT2D eigenvalue weighted by molar-refractivity contribution is -0.138. The number of benzene rings is 1. The van der Waals surface area contributed by atoms with Gasteiger partial charge in [0.05, 0.1) is 7.11 Å². The first kappa shape index (κ1) is 13.7. The van der Waals surface area contributed by atoms with Gasteiger partial charge in [-0.1, -0.05) is 19.1 Å². The van der Waals surface area contributed by atoms with E-state index >= 15 is 0 Å². The van der Waals surface area contributed by atoms with Crippen molar-refractivity contribution in [2.75, 3.05) is 7.11 Å². The van der Waals surface area contributed by atoms with Crippen LogP contribution in [0.25, 0.3) is 5.57 Å². The average Bonchev–Trinajstić information content (AvgIpc) is 2.77. The van der Waals surface area contributed by atoms with E-state index in [4.69, 9.17) is 4.74 Å². The van der Waals surface area contributed by atoms with Crippen LogP contribution in [0.3, 0.4) is 0 Å². The molecule has 3 heteroatoms. The molecule has 0 N–H and O–H groups in total. The van der Waals surface area contributed by atoms with Crippen LogP contribution >= 0.6 is 0 Å². The van der Waals surface area contributed by atoms with E-state index in [1.165, 1.54) is 16.7 Å². The van der Waals surface area contributed by atoms with Crippen molar-refractivity contribution in [3.63, 3.8) is 0 Å². The molecule has 3 atom stereocenters. The molecule has 4 rings (SSSR count). The summed E-state index contributed by atoms with van der Waals surface area (Å²) in [6, 6.07) is 6.25. The van der Waals surface area contributed by atoms with Crippen LogP contribution in [0.15, 0.2) is 24.3 Å². The summed E-state index contributed by atoms with van der Waals surface area (Å²) in [5.74, 6) is 1.11. The van der Waals surface area contributed by atoms with Gasteiger partial charge in [-0.05, 0) is 59.9 Å². The SMILES string of the molecule is COc1ccc2c(c1)CC[C@H]1C2=CC[C@@]2(C)C(=O)C(=O)CC12. The first-order valence-electron chi connectivity index (χ1n) is 7.99. The third-order valence-corrected chi connectivity index (χ3v) is 5.97. The number of ether oxygens (including phenoxy) is 1. The van der Waals surface area contributed by atoms with Gasteiger partial charge in [-0.15, -0.1) is 0 Å². The van der Waals surface area contributed by atoms with Gasteiger partial charge < -0.3 is 4.74 Å². The molecule has 0 bridgehead atoms. The van der Waals surface area contributed by atoms with Gasteiger partial charge in [0.1, 0.15) is 5.75 Å². The number of carbonyl (C=O) groups excluding carboxylic acids is 2. The summed E-state index contributed by atoms with van der Waals surface area (Å²) >= 11 is 0. The fraction of sp³-hybridized carbons (Fsp3) is 0.474. The van der Waals surface area contributed by atoms with Crippen LogP contribution in [0.1, 0.15) is 37.3 Å². The van der Waals surface area contributed by atoms with Crippen molar-refractivity contribution >= 4 is 17.1 Å². The average molecular weight is 296 g/mol. The van der Waals surface area contributed by atoms with E-state index in [9.17, 15) is 9.59 Å². The second kappa shape index (κ2) is 4.55. The molecule has 0 saturated heterocycles. The highest BCUT2D eigenvalue weighted by molar-refractivity contribution is 6.41. The maximum absolute atomic E-state index is 12.3. The maximum Gasteiger partial charge on any atom is 0.204 e. The van der Waals surface area contributed by atoms with Crippen LogP contribution in [0.2, 0.25) is 0 Å². The van der Waals surface area contributed by atoms with Gasteiger partial charge in [0.15, 0.2) is 5.78 Å². The Balaban J connectivity index is 1.78. The molecule has 3 aliphatic carbocycles. The minimum Gasteiger partial charge on any atom is -0.497 e. The molecule has 0 radical (unpaired) electrons. The molecule has 0 heterocycles. The predicted molar refractivity (Wildman–Crippen MR) is 83.6 cm³/mol. The van der Waals surface area contributed by atoms with Gasteiger partial charge in [0.2, 0.25) is 5.78 Å². The summed E-state index contributed by atoms with van der Waals surface area (Å²) in [6.45, 7) is 1.99. The summed E-state index contributed by atoms with van der Waals surface area (Å²) < 4.78 is 5.32. The van der Waals surface area contributed by atoms with E-state index in [0.29, 0.717) is 18.8 Å². The second-order valence-corrected chi connectivity index (χ2v) is 7.01. The number of methoxy groups -OCH3 is 1. The quantitative estimate of drug-likeness (QED) is 0.747. The number of ketones is 2. The fourth-order valence-electron chi connectivity index (χ4n) is 4.69. The molecular weight excluding hydrogens is 276 g/mol. The van der Waals surface area contributed by atoms with Crippen LogP contribution in [0.5, 0.6) is 5.75 Å². The first-order chi connectivity index (χ1) is 10.5. The van der Waals surface area contributed by atoms with Crippen molar-refractivity contribution in [2.45, 2.75) is 32.6 Å². The molecule has 0 aromatic heterocycles. The summed E-state index contributed by atoms with van der Waals surface area (Å²) in [4.78, 5) is 24.2. The largest absolute Gasteiger partial charge is 0.497 e. The minimum atomic E-state index is -0.463. The molecule has 22 heavy (non-hydrogen) atoms. The van der Waals surface area contributed by atoms with Crippen LogP contribution < -0.4 is 4.74 Å². The number of hydrogen-bond donors (Lipinski definition) is 0. The Morgan fingerprint density at radius 2 is 2.09 bits per heavy atom. The van der Waals surface area contributed by atoms with E-state index in [0.717, 1.165) is 18.6 Å². The van der Waals surface area contributed by atoms with Gasteiger partial charge in [-0.2, -0.15) is 0 Å². The number of hydrogen-bond acceptors (Lipinski definition) is 3. The highest BCUT2D eigenvalue weighted by Gasteiger charge is 2.56. The number of allylic oxidation sites excluding steroid dienone is 2. The van der Waals surface area contributed by atoms with Crippen LogP contribution in [0.4, 0.5) is 0 Å². The van der Waals surface area contributed by atoms with Gasteiger partial charge in [0, 0.05) is 11.8 Å². The summed E-state index contributed by atoms with van der Waals surface area (Å²) in [5.41, 5.74) is 3.48. The molecule has 0 aliphatic heterocycles. The Hall–Kier alpha value is -1.90. The molecule has 3 aliphatic rings. The zero-order valence-electron chi connectivity index (χ0n) is 13.0. The Morgan fingerprint density at radius 1 is 1.27 bits per heavy atom. The van der Waals surface area contributed by atoms with Crippen molar-refractivity contribution in [2.24, 2.45) is 17.3 Å². The number of aryl methyl sites for hydroxylation is 1. The van der Waals surface area contributed by atoms with Crippen molar-refractivity contribution < 1.29 is 14.3 Å². The van der Waals surface area contributed by atoms with E-state index in [1.54, 1.807) is 7.11 Å². The van der Waals surface area contributed by atoms with Gasteiger partial charge >= 0.3 is 0 Å². The number of fused-ring (bicyclic) bond motifs is 5. The predicted octanol–water partition coefficient (Wildman–Crippen LogP) is 3.21. The van der Waals surface area contributed by atoms with E-state index < -0.39 is 5.41 Å². The van der Waals surface area contributed by atoms with Crippen LogP contribution in [-0.4, -0.2) is 18.7 Å². The Morgan fingerprint density at radius 3 is 2.86 bits per heavy atom. The molecule has 1 unspecified atom stereocenters. The van der Waals surface area contributed by atoms with Crippen molar-refractivity contribution in [3.05, 3.63) is 35.4 Å². The molecule has 114 valence electrons.